The van der Waals surface area contributed by atoms with Gasteiger partial charge in [0.2, 0.25) is 0 Å². The minimum atomic E-state index is -0.251. The summed E-state index contributed by atoms with van der Waals surface area (Å²) in [6, 6.07) is 0. The van der Waals surface area contributed by atoms with E-state index in [0.29, 0.717) is 0 Å². The summed E-state index contributed by atoms with van der Waals surface area (Å²) in [5.41, 5.74) is 0.928. The van der Waals surface area contributed by atoms with Crippen LogP contribution < -0.4 is 0 Å². The van der Waals surface area contributed by atoms with Crippen LogP contribution in [0.4, 0.5) is 0 Å². The molecule has 2 saturated heterocycles. The van der Waals surface area contributed by atoms with E-state index < -0.39 is 0 Å². The van der Waals surface area contributed by atoms with Crippen molar-refractivity contribution in [2.45, 2.75) is 44.6 Å². The fourth-order valence-electron chi connectivity index (χ4n) is 2.48. The molecule has 0 aliphatic carbocycles. The number of esters is 1. The van der Waals surface area contributed by atoms with Crippen LogP contribution in [0.5, 0.6) is 0 Å². The van der Waals surface area contributed by atoms with Gasteiger partial charge in [0.15, 0.2) is 0 Å². The van der Waals surface area contributed by atoms with Gasteiger partial charge in [-0.05, 0) is 32.6 Å². The lowest BCUT2D eigenvalue weighted by atomic mass is 9.84. The van der Waals surface area contributed by atoms with Gasteiger partial charge in [0, 0.05) is 6.42 Å². The summed E-state index contributed by atoms with van der Waals surface area (Å²) in [7, 11) is 0. The topological polar surface area (TPSA) is 26.3 Å². The van der Waals surface area contributed by atoms with Gasteiger partial charge in [-0.15, -0.1) is 0 Å². The standard InChI is InChI=1S/C11H16O2/c1-8-6-9-4-3-5-11(2,7-8)13-10(9)12/h9H,1,3-7H2,2H3/t9-,11+/m1/s1. The molecule has 2 aliphatic rings. The van der Waals surface area contributed by atoms with Gasteiger partial charge in [-0.3, -0.25) is 4.79 Å². The summed E-state index contributed by atoms with van der Waals surface area (Å²) in [5, 5.41) is 0. The molecule has 2 bridgehead atoms. The molecule has 2 rings (SSSR count). The first-order valence-corrected chi connectivity index (χ1v) is 4.99. The highest BCUT2D eigenvalue weighted by Gasteiger charge is 2.39. The molecule has 0 aromatic heterocycles. The first kappa shape index (κ1) is 8.79. The van der Waals surface area contributed by atoms with Crippen LogP contribution in [0.2, 0.25) is 0 Å². The molecule has 0 radical (unpaired) electrons. The molecule has 2 aliphatic heterocycles. The highest BCUT2D eigenvalue weighted by atomic mass is 16.6. The Kier molecular flexibility index (Phi) is 1.94. The van der Waals surface area contributed by atoms with E-state index in [1.807, 2.05) is 6.92 Å². The molecule has 0 unspecified atom stereocenters. The number of fused-ring (bicyclic) bond motifs is 3. The Morgan fingerprint density at radius 2 is 2.38 bits per heavy atom. The quantitative estimate of drug-likeness (QED) is 0.423. The monoisotopic (exact) mass is 180 g/mol. The van der Waals surface area contributed by atoms with Crippen molar-refractivity contribution >= 4 is 5.97 Å². The molecule has 2 heteroatoms. The maximum Gasteiger partial charge on any atom is 0.309 e. The Morgan fingerprint density at radius 1 is 1.62 bits per heavy atom. The van der Waals surface area contributed by atoms with E-state index >= 15 is 0 Å². The highest BCUT2D eigenvalue weighted by Crippen LogP contribution is 2.39. The fraction of sp³-hybridized carbons (Fsp3) is 0.727. The number of carbonyl (C=O) groups excluding carboxylic acids is 1. The van der Waals surface area contributed by atoms with E-state index in [-0.39, 0.29) is 17.5 Å². The van der Waals surface area contributed by atoms with Crippen LogP contribution in [0.25, 0.3) is 0 Å². The smallest absolute Gasteiger partial charge is 0.309 e. The summed E-state index contributed by atoms with van der Waals surface area (Å²) in [5.74, 6) is 0.0930. The molecule has 0 N–H and O–H groups in total. The summed E-state index contributed by atoms with van der Waals surface area (Å²) < 4.78 is 5.49. The minimum Gasteiger partial charge on any atom is -0.459 e. The predicted octanol–water partition coefficient (Wildman–Crippen LogP) is 2.44. The second-order valence-corrected chi connectivity index (χ2v) is 4.59. The van der Waals surface area contributed by atoms with Crippen LogP contribution >= 0.6 is 0 Å². The molecule has 0 amide bonds. The molecule has 2 atom stereocenters. The summed E-state index contributed by atoms with van der Waals surface area (Å²) in [6.45, 7) is 6.04. The van der Waals surface area contributed by atoms with Gasteiger partial charge < -0.3 is 4.74 Å². The molecule has 0 aromatic rings. The lowest BCUT2D eigenvalue weighted by Gasteiger charge is -2.27. The second kappa shape index (κ2) is 2.86. The van der Waals surface area contributed by atoms with Crippen LogP contribution in [0.3, 0.4) is 0 Å². The SMILES string of the molecule is C=C1C[C@H]2CCC[C@@](C)(C1)OC2=O. The maximum absolute atomic E-state index is 11.6. The van der Waals surface area contributed by atoms with Crippen LogP contribution in [-0.2, 0) is 9.53 Å². The van der Waals surface area contributed by atoms with E-state index in [9.17, 15) is 4.79 Å². The maximum atomic E-state index is 11.6. The van der Waals surface area contributed by atoms with Crippen LogP contribution in [0.15, 0.2) is 12.2 Å². The molecule has 0 spiro atoms. The minimum absolute atomic E-state index is 0.00125. The Balaban J connectivity index is 2.31. The Labute approximate surface area is 79.0 Å². The number of hydrogen-bond donors (Lipinski definition) is 0. The highest BCUT2D eigenvalue weighted by molar-refractivity contribution is 5.74. The number of rotatable bonds is 0. The van der Waals surface area contributed by atoms with Crippen LogP contribution in [0.1, 0.15) is 39.0 Å². The molecule has 2 fully saturated rings. The zero-order valence-electron chi connectivity index (χ0n) is 8.14. The second-order valence-electron chi connectivity index (χ2n) is 4.59. The van der Waals surface area contributed by atoms with Crippen LogP contribution in [-0.4, -0.2) is 11.6 Å². The predicted molar refractivity (Wildman–Crippen MR) is 50.2 cm³/mol. The number of carbonyl (C=O) groups is 1. The Bertz CT molecular complexity index is 257. The molecule has 0 saturated carbocycles. The van der Waals surface area contributed by atoms with E-state index in [2.05, 4.69) is 6.58 Å². The summed E-state index contributed by atoms with van der Waals surface area (Å²) >= 11 is 0. The van der Waals surface area contributed by atoms with Gasteiger partial charge in [0.1, 0.15) is 5.60 Å². The summed E-state index contributed by atoms with van der Waals surface area (Å²) in [6.07, 6.45) is 4.78. The molecule has 0 aromatic carbocycles. The van der Waals surface area contributed by atoms with Gasteiger partial charge in [0.05, 0.1) is 5.92 Å². The normalized spacial score (nSPS) is 39.6. The molecule has 13 heavy (non-hydrogen) atoms. The van der Waals surface area contributed by atoms with Crippen molar-refractivity contribution in [2.75, 3.05) is 0 Å². The van der Waals surface area contributed by atoms with E-state index in [1.165, 1.54) is 5.57 Å². The first-order chi connectivity index (χ1) is 6.09. The van der Waals surface area contributed by atoms with Crippen molar-refractivity contribution in [2.24, 2.45) is 5.92 Å². The largest absolute Gasteiger partial charge is 0.459 e. The third-order valence-electron chi connectivity index (χ3n) is 3.10. The van der Waals surface area contributed by atoms with Gasteiger partial charge >= 0.3 is 5.97 Å². The Hall–Kier alpha value is -0.790. The van der Waals surface area contributed by atoms with Gasteiger partial charge in [0.25, 0.3) is 0 Å². The Morgan fingerprint density at radius 3 is 3.15 bits per heavy atom. The average Bonchev–Trinajstić information content (AvgIpc) is 2.15. The number of ether oxygens (including phenoxy) is 1. The van der Waals surface area contributed by atoms with E-state index in [1.54, 1.807) is 0 Å². The van der Waals surface area contributed by atoms with Gasteiger partial charge in [-0.2, -0.15) is 0 Å². The average molecular weight is 180 g/mol. The van der Waals surface area contributed by atoms with Crippen molar-refractivity contribution < 1.29 is 9.53 Å². The first-order valence-electron chi connectivity index (χ1n) is 4.99. The summed E-state index contributed by atoms with van der Waals surface area (Å²) in [4.78, 5) is 11.6. The van der Waals surface area contributed by atoms with Gasteiger partial charge in [-0.25, -0.2) is 0 Å². The van der Waals surface area contributed by atoms with Crippen molar-refractivity contribution in [1.29, 1.82) is 0 Å². The molecular weight excluding hydrogens is 164 g/mol. The van der Waals surface area contributed by atoms with E-state index in [4.69, 9.17) is 4.74 Å². The third-order valence-corrected chi connectivity index (χ3v) is 3.10. The third kappa shape index (κ3) is 1.62. The van der Waals surface area contributed by atoms with Gasteiger partial charge in [-0.1, -0.05) is 12.2 Å². The van der Waals surface area contributed by atoms with Crippen molar-refractivity contribution in [1.82, 2.24) is 0 Å². The molecule has 72 valence electrons. The molecule has 2 nitrogen and oxygen atoms in total. The lowest BCUT2D eigenvalue weighted by molar-refractivity contribution is -0.159. The lowest BCUT2D eigenvalue weighted by Crippen LogP contribution is -2.29. The van der Waals surface area contributed by atoms with Crippen LogP contribution in [0, 0.1) is 5.92 Å². The van der Waals surface area contributed by atoms with Crippen molar-refractivity contribution in [3.05, 3.63) is 12.2 Å². The van der Waals surface area contributed by atoms with E-state index in [0.717, 1.165) is 32.1 Å². The fourth-order valence-corrected chi connectivity index (χ4v) is 2.48. The van der Waals surface area contributed by atoms with Crippen molar-refractivity contribution in [3.8, 4) is 0 Å². The molecule has 2 heterocycles. The zero-order valence-corrected chi connectivity index (χ0v) is 8.14. The van der Waals surface area contributed by atoms with Crippen molar-refractivity contribution in [3.63, 3.8) is 0 Å². The zero-order chi connectivity index (χ0) is 9.47. The number of hydrogen-bond acceptors (Lipinski definition) is 2. The molecular formula is C11H16O2.